The Balaban J connectivity index is 2.21. The average molecular weight is 431 g/mol. The number of hydrogen-bond donors (Lipinski definition) is 3. The Hall–Kier alpha value is -3.66. The third kappa shape index (κ3) is 3.15. The lowest BCUT2D eigenvalue weighted by atomic mass is 10.0. The standard InChI is InChI=1S/C21H19F2N3O5/c1-31-20-17-11(6-14(23)18(20)25-3-2-4-25)19(28)12(21(29)30)8-26(17)16-7-15(24)13(22)5-10(16)9-27/h5-8,27H,2-4,9,24H2,1H3,(H,29,30). The van der Waals surface area contributed by atoms with Crippen molar-refractivity contribution in [3.63, 3.8) is 0 Å². The number of ether oxygens (including phenoxy) is 1. The molecule has 1 aliphatic heterocycles. The Labute approximate surface area is 174 Å². The summed E-state index contributed by atoms with van der Waals surface area (Å²) in [7, 11) is 1.31. The van der Waals surface area contributed by atoms with E-state index in [2.05, 4.69) is 0 Å². The predicted octanol–water partition coefficient (Wildman–Crippen LogP) is 2.26. The first-order valence-corrected chi connectivity index (χ1v) is 9.41. The lowest BCUT2D eigenvalue weighted by molar-refractivity contribution is 0.0695. The summed E-state index contributed by atoms with van der Waals surface area (Å²) < 4.78 is 35.8. The number of pyridine rings is 1. The number of benzene rings is 2. The molecule has 0 saturated carbocycles. The predicted molar refractivity (Wildman–Crippen MR) is 110 cm³/mol. The second kappa shape index (κ2) is 7.55. The second-order valence-corrected chi connectivity index (χ2v) is 7.18. The Kier molecular flexibility index (Phi) is 5.02. The van der Waals surface area contributed by atoms with Gasteiger partial charge in [-0.1, -0.05) is 0 Å². The molecule has 2 heterocycles. The van der Waals surface area contributed by atoms with Gasteiger partial charge < -0.3 is 30.2 Å². The van der Waals surface area contributed by atoms with Crippen LogP contribution in [0, 0.1) is 11.6 Å². The van der Waals surface area contributed by atoms with E-state index in [-0.39, 0.29) is 39.3 Å². The summed E-state index contributed by atoms with van der Waals surface area (Å²) >= 11 is 0. The number of methoxy groups -OCH3 is 1. The first-order valence-electron chi connectivity index (χ1n) is 9.41. The Bertz CT molecular complexity index is 1280. The van der Waals surface area contributed by atoms with Crippen LogP contribution in [0.2, 0.25) is 0 Å². The van der Waals surface area contributed by atoms with Crippen molar-refractivity contribution in [2.45, 2.75) is 13.0 Å². The molecule has 31 heavy (non-hydrogen) atoms. The van der Waals surface area contributed by atoms with Crippen LogP contribution in [-0.2, 0) is 6.61 Å². The number of carboxylic acid groups (broad SMARTS) is 1. The van der Waals surface area contributed by atoms with Crippen LogP contribution in [0.3, 0.4) is 0 Å². The highest BCUT2D eigenvalue weighted by molar-refractivity contribution is 5.98. The highest BCUT2D eigenvalue weighted by Crippen LogP contribution is 2.41. The molecular weight excluding hydrogens is 412 g/mol. The van der Waals surface area contributed by atoms with Crippen LogP contribution in [-0.4, -0.2) is 40.9 Å². The highest BCUT2D eigenvalue weighted by atomic mass is 19.1. The van der Waals surface area contributed by atoms with Crippen molar-refractivity contribution in [3.8, 4) is 11.4 Å². The Morgan fingerprint density at radius 1 is 1.23 bits per heavy atom. The molecular formula is C21H19F2N3O5. The van der Waals surface area contributed by atoms with E-state index in [1.807, 2.05) is 0 Å². The fourth-order valence-corrected chi connectivity index (χ4v) is 3.76. The van der Waals surface area contributed by atoms with Crippen LogP contribution in [0.5, 0.6) is 5.75 Å². The van der Waals surface area contributed by atoms with Gasteiger partial charge >= 0.3 is 5.97 Å². The maximum absolute atomic E-state index is 15.0. The van der Waals surface area contributed by atoms with Gasteiger partial charge in [0.1, 0.15) is 22.6 Å². The molecule has 8 nitrogen and oxygen atoms in total. The second-order valence-electron chi connectivity index (χ2n) is 7.18. The van der Waals surface area contributed by atoms with Crippen molar-refractivity contribution in [1.82, 2.24) is 4.57 Å². The number of halogens is 2. The number of aliphatic hydroxyl groups excluding tert-OH is 1. The van der Waals surface area contributed by atoms with Crippen LogP contribution in [0.25, 0.3) is 16.6 Å². The Morgan fingerprint density at radius 3 is 2.48 bits per heavy atom. The third-order valence-corrected chi connectivity index (χ3v) is 5.41. The summed E-state index contributed by atoms with van der Waals surface area (Å²) in [4.78, 5) is 26.3. The summed E-state index contributed by atoms with van der Waals surface area (Å²) in [6.07, 6.45) is 1.90. The number of carboxylic acids is 1. The molecule has 4 N–H and O–H groups in total. The molecule has 2 aromatic carbocycles. The molecule has 0 radical (unpaired) electrons. The molecule has 162 valence electrons. The Morgan fingerprint density at radius 2 is 1.94 bits per heavy atom. The molecule has 0 unspecified atom stereocenters. The minimum absolute atomic E-state index is 0.0236. The molecule has 0 bridgehead atoms. The van der Waals surface area contributed by atoms with E-state index in [1.165, 1.54) is 17.7 Å². The smallest absolute Gasteiger partial charge is 0.341 e. The van der Waals surface area contributed by atoms with Gasteiger partial charge in [0.15, 0.2) is 11.6 Å². The van der Waals surface area contributed by atoms with Gasteiger partial charge in [-0.05, 0) is 24.6 Å². The minimum atomic E-state index is -1.52. The van der Waals surface area contributed by atoms with Gasteiger partial charge in [-0.2, -0.15) is 0 Å². The molecule has 0 spiro atoms. The molecule has 10 heteroatoms. The molecule has 0 atom stereocenters. The summed E-state index contributed by atoms with van der Waals surface area (Å²) in [6.45, 7) is 0.578. The minimum Gasteiger partial charge on any atom is -0.492 e. The quantitative estimate of drug-likeness (QED) is 0.531. The SMILES string of the molecule is COc1c(N2CCC2)c(F)cc2c(=O)c(C(=O)O)cn(-c3cc(N)c(F)cc3CO)c12. The molecule has 0 amide bonds. The number of anilines is 2. The average Bonchev–Trinajstić information content (AvgIpc) is 2.69. The number of aromatic carboxylic acids is 1. The first-order chi connectivity index (χ1) is 14.8. The monoisotopic (exact) mass is 431 g/mol. The molecule has 1 aliphatic rings. The number of nitrogen functional groups attached to an aromatic ring is 1. The van der Waals surface area contributed by atoms with Gasteiger partial charge in [-0.3, -0.25) is 4.79 Å². The van der Waals surface area contributed by atoms with Crippen molar-refractivity contribution in [3.05, 3.63) is 57.4 Å². The summed E-state index contributed by atoms with van der Waals surface area (Å²) in [6, 6.07) is 3.20. The van der Waals surface area contributed by atoms with Gasteiger partial charge in [0.05, 0.1) is 30.5 Å². The van der Waals surface area contributed by atoms with E-state index in [1.54, 1.807) is 4.90 Å². The van der Waals surface area contributed by atoms with Gasteiger partial charge in [0.25, 0.3) is 0 Å². The van der Waals surface area contributed by atoms with Crippen LogP contribution in [0.1, 0.15) is 22.3 Å². The molecule has 3 aromatic rings. The maximum atomic E-state index is 15.0. The van der Waals surface area contributed by atoms with Crippen LogP contribution >= 0.6 is 0 Å². The van der Waals surface area contributed by atoms with Crippen LogP contribution < -0.4 is 20.8 Å². The number of nitrogens with two attached hydrogens (primary N) is 1. The lowest BCUT2D eigenvalue weighted by Crippen LogP contribution is -2.38. The summed E-state index contributed by atoms with van der Waals surface area (Å²) in [5.41, 5.74) is 4.38. The molecule has 4 rings (SSSR count). The lowest BCUT2D eigenvalue weighted by Gasteiger charge is -2.35. The zero-order valence-corrected chi connectivity index (χ0v) is 16.5. The number of aromatic nitrogens is 1. The van der Waals surface area contributed by atoms with Gasteiger partial charge in [-0.15, -0.1) is 0 Å². The van der Waals surface area contributed by atoms with Crippen LogP contribution in [0.15, 0.2) is 29.2 Å². The van der Waals surface area contributed by atoms with Crippen molar-refractivity contribution in [2.75, 3.05) is 30.8 Å². The van der Waals surface area contributed by atoms with E-state index in [4.69, 9.17) is 10.5 Å². The number of hydrogen-bond acceptors (Lipinski definition) is 6. The zero-order valence-electron chi connectivity index (χ0n) is 16.5. The highest BCUT2D eigenvalue weighted by Gasteiger charge is 2.28. The van der Waals surface area contributed by atoms with E-state index in [0.29, 0.717) is 13.1 Å². The summed E-state index contributed by atoms with van der Waals surface area (Å²) in [5.74, 6) is -2.99. The van der Waals surface area contributed by atoms with Crippen molar-refractivity contribution in [2.24, 2.45) is 0 Å². The van der Waals surface area contributed by atoms with E-state index in [0.717, 1.165) is 24.8 Å². The molecule has 0 aliphatic carbocycles. The molecule has 1 aromatic heterocycles. The van der Waals surface area contributed by atoms with Gasteiger partial charge in [0, 0.05) is 24.8 Å². The van der Waals surface area contributed by atoms with Crippen molar-refractivity contribution in [1.29, 1.82) is 0 Å². The maximum Gasteiger partial charge on any atom is 0.341 e. The zero-order chi connectivity index (χ0) is 22.4. The normalized spacial score (nSPS) is 13.4. The fraction of sp³-hybridized carbons (Fsp3) is 0.238. The topological polar surface area (TPSA) is 118 Å². The molecule has 1 saturated heterocycles. The van der Waals surface area contributed by atoms with Gasteiger partial charge in [0.2, 0.25) is 5.43 Å². The number of nitrogens with zero attached hydrogens (tertiary/aromatic N) is 2. The number of carbonyl (C=O) groups is 1. The van der Waals surface area contributed by atoms with Crippen molar-refractivity contribution < 1.29 is 28.5 Å². The number of rotatable bonds is 5. The number of fused-ring (bicyclic) bond motifs is 1. The van der Waals surface area contributed by atoms with Gasteiger partial charge in [-0.25, -0.2) is 13.6 Å². The fourth-order valence-electron chi connectivity index (χ4n) is 3.76. The summed E-state index contributed by atoms with van der Waals surface area (Å²) in [5, 5.41) is 19.1. The van der Waals surface area contributed by atoms with E-state index in [9.17, 15) is 24.2 Å². The van der Waals surface area contributed by atoms with E-state index >= 15 is 4.39 Å². The first kappa shape index (κ1) is 20.6. The van der Waals surface area contributed by atoms with E-state index < -0.39 is 35.2 Å². The molecule has 1 fully saturated rings. The van der Waals surface area contributed by atoms with Crippen molar-refractivity contribution >= 4 is 28.2 Å². The van der Waals surface area contributed by atoms with Crippen LogP contribution in [0.4, 0.5) is 20.2 Å². The largest absolute Gasteiger partial charge is 0.492 e. The number of aliphatic hydroxyl groups is 1. The third-order valence-electron chi connectivity index (χ3n) is 5.41.